The van der Waals surface area contributed by atoms with Crippen molar-refractivity contribution in [2.75, 3.05) is 12.0 Å². The molecule has 0 aliphatic carbocycles. The maximum Gasteiger partial charge on any atom is 0.335 e. The van der Waals surface area contributed by atoms with Crippen molar-refractivity contribution in [3.05, 3.63) is 91.4 Å². The number of imide groups is 2. The normalized spacial score (nSPS) is 14.8. The Bertz CT molecular complexity index is 1420. The number of anilines is 1. The lowest BCUT2D eigenvalue weighted by atomic mass is 10.1. The number of nitrogens with zero attached hydrogens (tertiary/aromatic N) is 1. The highest BCUT2D eigenvalue weighted by atomic mass is 35.5. The number of carbonyl (C=O) groups excluding carboxylic acids is 3. The number of hydrogen-bond donors (Lipinski definition) is 1. The summed E-state index contributed by atoms with van der Waals surface area (Å²) in [5.74, 6) is -0.857. The number of carbonyl (C=O) groups is 3. The molecule has 0 saturated carbocycles. The molecule has 1 aliphatic rings. The van der Waals surface area contributed by atoms with Gasteiger partial charge in [0, 0.05) is 0 Å². The summed E-state index contributed by atoms with van der Waals surface area (Å²) in [6.45, 7) is 0.204. The summed E-state index contributed by atoms with van der Waals surface area (Å²) in [7, 11) is 1.46. The van der Waals surface area contributed by atoms with Gasteiger partial charge in [0.1, 0.15) is 12.2 Å². The van der Waals surface area contributed by atoms with E-state index in [1.165, 1.54) is 31.4 Å². The Hall–Kier alpha value is -3.23. The second-order valence-corrected chi connectivity index (χ2v) is 9.13. The van der Waals surface area contributed by atoms with Gasteiger partial charge in [-0.15, -0.1) is 0 Å². The molecule has 0 unspecified atom stereocenters. The van der Waals surface area contributed by atoms with Crippen LogP contribution in [0.4, 0.5) is 10.5 Å². The summed E-state index contributed by atoms with van der Waals surface area (Å²) in [6.07, 6.45) is 1.35. The zero-order chi connectivity index (χ0) is 26.0. The second-order valence-electron chi connectivity index (χ2n) is 7.50. The molecular formula is C25H16Cl4N2O5. The number of ether oxygens (including phenoxy) is 2. The molecule has 3 aromatic rings. The Morgan fingerprint density at radius 1 is 0.833 bits per heavy atom. The van der Waals surface area contributed by atoms with Crippen LogP contribution in [-0.4, -0.2) is 25.0 Å². The van der Waals surface area contributed by atoms with Gasteiger partial charge >= 0.3 is 6.03 Å². The summed E-state index contributed by atoms with van der Waals surface area (Å²) < 4.78 is 11.2. The van der Waals surface area contributed by atoms with Gasteiger partial charge in [-0.05, 0) is 59.7 Å². The van der Waals surface area contributed by atoms with Gasteiger partial charge in [-0.25, -0.2) is 9.69 Å². The Kier molecular flexibility index (Phi) is 7.76. The molecule has 0 aromatic heterocycles. The van der Waals surface area contributed by atoms with E-state index in [1.54, 1.807) is 36.4 Å². The van der Waals surface area contributed by atoms with E-state index < -0.39 is 17.8 Å². The molecule has 1 aliphatic heterocycles. The monoisotopic (exact) mass is 564 g/mol. The first-order chi connectivity index (χ1) is 17.2. The van der Waals surface area contributed by atoms with Crippen LogP contribution in [0.1, 0.15) is 11.1 Å². The highest BCUT2D eigenvalue weighted by molar-refractivity contribution is 6.43. The van der Waals surface area contributed by atoms with E-state index in [-0.39, 0.29) is 27.9 Å². The molecule has 11 heteroatoms. The number of urea groups is 1. The smallest absolute Gasteiger partial charge is 0.335 e. The van der Waals surface area contributed by atoms with Gasteiger partial charge < -0.3 is 9.47 Å². The van der Waals surface area contributed by atoms with Crippen LogP contribution in [0.2, 0.25) is 20.1 Å². The zero-order valence-electron chi connectivity index (χ0n) is 18.5. The minimum Gasteiger partial charge on any atom is -0.493 e. The first-order valence-electron chi connectivity index (χ1n) is 10.3. The molecule has 1 saturated heterocycles. The van der Waals surface area contributed by atoms with Crippen molar-refractivity contribution >= 4 is 76.0 Å². The second kappa shape index (κ2) is 10.8. The fourth-order valence-electron chi connectivity index (χ4n) is 3.37. The number of methoxy groups -OCH3 is 1. The molecule has 7 nitrogen and oxygen atoms in total. The first-order valence-corrected chi connectivity index (χ1v) is 11.8. The Morgan fingerprint density at radius 3 is 2.19 bits per heavy atom. The van der Waals surface area contributed by atoms with E-state index >= 15 is 0 Å². The van der Waals surface area contributed by atoms with Crippen molar-refractivity contribution in [2.24, 2.45) is 0 Å². The third kappa shape index (κ3) is 5.44. The SMILES string of the molecule is COc1cc(/C=C2\C(=O)NC(=O)N(c3ccc(Cl)c(Cl)c3)C2=O)ccc1OCc1ccc(Cl)c(Cl)c1. The van der Waals surface area contributed by atoms with E-state index in [4.69, 9.17) is 55.9 Å². The molecular weight excluding hydrogens is 550 g/mol. The van der Waals surface area contributed by atoms with Gasteiger partial charge in [-0.3, -0.25) is 14.9 Å². The average molecular weight is 566 g/mol. The van der Waals surface area contributed by atoms with Crippen molar-refractivity contribution in [1.29, 1.82) is 0 Å². The fraction of sp³-hybridized carbons (Fsp3) is 0.0800. The van der Waals surface area contributed by atoms with Gasteiger partial charge in [0.15, 0.2) is 11.5 Å². The van der Waals surface area contributed by atoms with Crippen LogP contribution in [0.15, 0.2) is 60.2 Å². The summed E-state index contributed by atoms with van der Waals surface area (Å²) in [4.78, 5) is 38.8. The highest BCUT2D eigenvalue weighted by Gasteiger charge is 2.37. The molecule has 184 valence electrons. The lowest BCUT2D eigenvalue weighted by Crippen LogP contribution is -2.54. The molecule has 0 spiro atoms. The Balaban J connectivity index is 1.59. The van der Waals surface area contributed by atoms with Gasteiger partial charge in [0.2, 0.25) is 0 Å². The molecule has 0 bridgehead atoms. The number of nitrogens with one attached hydrogen (secondary N) is 1. The van der Waals surface area contributed by atoms with Crippen molar-refractivity contribution < 1.29 is 23.9 Å². The van der Waals surface area contributed by atoms with Gasteiger partial charge in [-0.1, -0.05) is 58.5 Å². The van der Waals surface area contributed by atoms with Crippen LogP contribution in [-0.2, 0) is 16.2 Å². The molecule has 1 N–H and O–H groups in total. The van der Waals surface area contributed by atoms with Crippen LogP contribution < -0.4 is 19.7 Å². The molecule has 0 radical (unpaired) electrons. The molecule has 3 aromatic carbocycles. The van der Waals surface area contributed by atoms with E-state index in [0.717, 1.165) is 10.5 Å². The molecule has 1 heterocycles. The Labute approximate surface area is 226 Å². The standard InChI is InChI=1S/C25H16Cl4N2O5/c1-35-22-10-13(3-7-21(22)36-12-14-2-5-17(26)19(28)9-14)8-16-23(32)30-25(34)31(24(16)33)15-4-6-18(27)20(29)11-15/h2-11H,12H2,1H3,(H,30,32,34)/b16-8+. The zero-order valence-corrected chi connectivity index (χ0v) is 21.5. The molecule has 0 atom stereocenters. The molecule has 4 amide bonds. The number of barbiturate groups is 1. The van der Waals surface area contributed by atoms with Crippen LogP contribution in [0.3, 0.4) is 0 Å². The van der Waals surface area contributed by atoms with Crippen LogP contribution >= 0.6 is 46.4 Å². The molecule has 1 fully saturated rings. The van der Waals surface area contributed by atoms with Gasteiger partial charge in [0.25, 0.3) is 11.8 Å². The minimum atomic E-state index is -0.899. The summed E-state index contributed by atoms with van der Waals surface area (Å²) in [5.41, 5.74) is 1.17. The van der Waals surface area contributed by atoms with Crippen molar-refractivity contribution in [2.45, 2.75) is 6.61 Å². The third-order valence-corrected chi connectivity index (χ3v) is 6.62. The van der Waals surface area contributed by atoms with Crippen molar-refractivity contribution in [1.82, 2.24) is 5.32 Å². The van der Waals surface area contributed by atoms with Crippen LogP contribution in [0, 0.1) is 0 Å². The molecule has 4 rings (SSSR count). The van der Waals surface area contributed by atoms with Crippen molar-refractivity contribution in [3.8, 4) is 11.5 Å². The summed E-state index contributed by atoms with van der Waals surface area (Å²) in [6, 6.07) is 13.4. The van der Waals surface area contributed by atoms with Gasteiger partial charge in [-0.2, -0.15) is 0 Å². The van der Waals surface area contributed by atoms with E-state index in [2.05, 4.69) is 5.32 Å². The number of hydrogen-bond acceptors (Lipinski definition) is 5. The maximum absolute atomic E-state index is 13.1. The van der Waals surface area contributed by atoms with Gasteiger partial charge in [0.05, 0.1) is 32.9 Å². The largest absolute Gasteiger partial charge is 0.493 e. The predicted molar refractivity (Wildman–Crippen MR) is 139 cm³/mol. The number of amides is 4. The fourth-order valence-corrected chi connectivity index (χ4v) is 3.98. The van der Waals surface area contributed by atoms with E-state index in [1.807, 2.05) is 0 Å². The Morgan fingerprint density at radius 2 is 1.53 bits per heavy atom. The third-order valence-electron chi connectivity index (χ3n) is 5.14. The molecule has 36 heavy (non-hydrogen) atoms. The summed E-state index contributed by atoms with van der Waals surface area (Å²) >= 11 is 24.0. The highest BCUT2D eigenvalue weighted by Crippen LogP contribution is 2.32. The number of halogens is 4. The van der Waals surface area contributed by atoms with Crippen molar-refractivity contribution in [3.63, 3.8) is 0 Å². The number of benzene rings is 3. The summed E-state index contributed by atoms with van der Waals surface area (Å²) in [5, 5.41) is 3.42. The van der Waals surface area contributed by atoms with E-state index in [9.17, 15) is 14.4 Å². The minimum absolute atomic E-state index is 0.151. The maximum atomic E-state index is 13.1. The first kappa shape index (κ1) is 25.9. The lowest BCUT2D eigenvalue weighted by Gasteiger charge is -2.26. The van der Waals surface area contributed by atoms with Crippen LogP contribution in [0.5, 0.6) is 11.5 Å². The quantitative estimate of drug-likeness (QED) is 0.270. The lowest BCUT2D eigenvalue weighted by molar-refractivity contribution is -0.122. The van der Waals surface area contributed by atoms with Crippen LogP contribution in [0.25, 0.3) is 6.08 Å². The van der Waals surface area contributed by atoms with E-state index in [0.29, 0.717) is 27.1 Å². The topological polar surface area (TPSA) is 84.9 Å². The average Bonchev–Trinajstić information content (AvgIpc) is 2.84. The number of rotatable bonds is 6. The predicted octanol–water partition coefficient (Wildman–Crippen LogP) is 6.55.